The molecule has 0 spiro atoms. The summed E-state index contributed by atoms with van der Waals surface area (Å²) in [7, 11) is 0. The maximum absolute atomic E-state index is 6.19. The summed E-state index contributed by atoms with van der Waals surface area (Å²) in [6.07, 6.45) is 4.44. The number of fused-ring (bicyclic) bond motifs is 2. The van der Waals surface area contributed by atoms with Crippen LogP contribution in [0, 0.1) is 5.92 Å². The molecule has 0 bridgehead atoms. The second-order valence-electron chi connectivity index (χ2n) is 10.2. The Morgan fingerprint density at radius 2 is 1.64 bits per heavy atom. The van der Waals surface area contributed by atoms with Crippen molar-refractivity contribution in [2.75, 3.05) is 0 Å². The molecule has 3 heterocycles. The van der Waals surface area contributed by atoms with Gasteiger partial charge in [-0.1, -0.05) is 58.9 Å². The molecule has 0 aliphatic carbocycles. The minimum absolute atomic E-state index is 0.0188. The fourth-order valence-electron chi connectivity index (χ4n) is 4.36. The molecule has 0 N–H and O–H groups in total. The topological polar surface area (TPSA) is 51.8 Å². The Hall–Kier alpha value is -3.53. The third-order valence-electron chi connectivity index (χ3n) is 5.96. The Balaban J connectivity index is 1.58. The van der Waals surface area contributed by atoms with E-state index in [1.807, 2.05) is 24.4 Å². The largest absolute Gasteiger partial charge is 0.454 e. The van der Waals surface area contributed by atoms with Gasteiger partial charge in [0.25, 0.3) is 0 Å². The van der Waals surface area contributed by atoms with Crippen molar-refractivity contribution in [3.05, 3.63) is 78.4 Å². The van der Waals surface area contributed by atoms with Crippen LogP contribution in [0.25, 0.3) is 44.5 Å². The summed E-state index contributed by atoms with van der Waals surface area (Å²) in [6, 6.07) is 19.1. The summed E-state index contributed by atoms with van der Waals surface area (Å²) in [6.45, 7) is 11.1. The number of hydrogen-bond acceptors (Lipinski definition) is 4. The highest BCUT2D eigenvalue weighted by Gasteiger charge is 2.19. The molecule has 0 fully saturated rings. The van der Waals surface area contributed by atoms with E-state index in [1.165, 1.54) is 16.3 Å². The van der Waals surface area contributed by atoms with E-state index in [2.05, 4.69) is 86.0 Å². The van der Waals surface area contributed by atoms with Crippen LogP contribution in [0.2, 0.25) is 0 Å². The minimum Gasteiger partial charge on any atom is -0.454 e. The molecule has 0 amide bonds. The van der Waals surface area contributed by atoms with Gasteiger partial charge in [0, 0.05) is 28.9 Å². The summed E-state index contributed by atoms with van der Waals surface area (Å²) >= 11 is 0. The van der Waals surface area contributed by atoms with Crippen LogP contribution in [0.3, 0.4) is 0 Å². The van der Waals surface area contributed by atoms with Crippen molar-refractivity contribution in [2.24, 2.45) is 5.92 Å². The standard InChI is InChI=1S/C29H29N3O/c1-18(2)10-22-14-27-21(16-30-22)13-28(33-27)26-15-25(31-17-32-26)20-11-19-8-6-7-9-23(19)24(12-20)29(3,4)5/h6-9,11-18H,10H2,1-5H3. The highest BCUT2D eigenvalue weighted by molar-refractivity contribution is 5.91. The monoisotopic (exact) mass is 435 g/mol. The Labute approximate surface area is 194 Å². The fraction of sp³-hybridized carbons (Fsp3) is 0.276. The van der Waals surface area contributed by atoms with E-state index < -0.39 is 0 Å². The molecule has 0 aliphatic rings. The zero-order valence-corrected chi connectivity index (χ0v) is 19.9. The smallest absolute Gasteiger partial charge is 0.153 e. The van der Waals surface area contributed by atoms with Crippen molar-refractivity contribution in [2.45, 2.75) is 46.5 Å². The number of rotatable bonds is 4. The van der Waals surface area contributed by atoms with Gasteiger partial charge in [-0.2, -0.15) is 0 Å². The van der Waals surface area contributed by atoms with Gasteiger partial charge in [0.15, 0.2) is 5.76 Å². The van der Waals surface area contributed by atoms with Gasteiger partial charge in [-0.05, 0) is 58.4 Å². The van der Waals surface area contributed by atoms with Crippen LogP contribution in [-0.4, -0.2) is 15.0 Å². The van der Waals surface area contributed by atoms with E-state index in [-0.39, 0.29) is 5.41 Å². The molecule has 166 valence electrons. The van der Waals surface area contributed by atoms with Gasteiger partial charge < -0.3 is 4.42 Å². The van der Waals surface area contributed by atoms with Gasteiger partial charge in [0.05, 0.1) is 5.69 Å². The van der Waals surface area contributed by atoms with E-state index in [1.54, 1.807) is 6.33 Å². The molecular weight excluding hydrogens is 406 g/mol. The zero-order chi connectivity index (χ0) is 23.2. The first-order chi connectivity index (χ1) is 15.8. The van der Waals surface area contributed by atoms with Crippen LogP contribution < -0.4 is 0 Å². The lowest BCUT2D eigenvalue weighted by Gasteiger charge is -2.22. The number of hydrogen-bond donors (Lipinski definition) is 0. The molecule has 5 rings (SSSR count). The molecule has 0 aliphatic heterocycles. The normalized spacial score (nSPS) is 12.2. The lowest BCUT2D eigenvalue weighted by atomic mass is 9.82. The molecule has 5 aromatic rings. The molecule has 3 aromatic heterocycles. The van der Waals surface area contributed by atoms with Crippen molar-refractivity contribution in [3.63, 3.8) is 0 Å². The van der Waals surface area contributed by atoms with E-state index >= 15 is 0 Å². The van der Waals surface area contributed by atoms with Crippen molar-refractivity contribution >= 4 is 21.7 Å². The number of pyridine rings is 1. The Morgan fingerprint density at radius 3 is 2.42 bits per heavy atom. The van der Waals surface area contributed by atoms with Crippen LogP contribution >= 0.6 is 0 Å². The first-order valence-corrected chi connectivity index (χ1v) is 11.5. The maximum Gasteiger partial charge on any atom is 0.153 e. The van der Waals surface area contributed by atoms with Crippen molar-refractivity contribution in [3.8, 4) is 22.7 Å². The molecule has 0 atom stereocenters. The SMILES string of the molecule is CC(C)Cc1cc2oc(-c3cc(-c4cc(C(C)(C)C)c5ccccc5c4)ncn3)cc2cn1. The molecule has 4 heteroatoms. The first kappa shape index (κ1) is 21.3. The molecular formula is C29H29N3O. The van der Waals surface area contributed by atoms with Gasteiger partial charge in [-0.15, -0.1) is 0 Å². The van der Waals surface area contributed by atoms with Crippen molar-refractivity contribution in [1.29, 1.82) is 0 Å². The fourth-order valence-corrected chi connectivity index (χ4v) is 4.36. The predicted octanol–water partition coefficient (Wildman–Crippen LogP) is 7.60. The Morgan fingerprint density at radius 1 is 0.848 bits per heavy atom. The van der Waals surface area contributed by atoms with E-state index in [0.717, 1.165) is 45.8 Å². The van der Waals surface area contributed by atoms with Gasteiger partial charge in [-0.25, -0.2) is 9.97 Å². The number of nitrogens with zero attached hydrogens (tertiary/aromatic N) is 3. The number of benzene rings is 2. The van der Waals surface area contributed by atoms with E-state index in [0.29, 0.717) is 5.92 Å². The molecule has 0 saturated heterocycles. The maximum atomic E-state index is 6.19. The predicted molar refractivity (Wildman–Crippen MR) is 135 cm³/mol. The molecule has 0 saturated carbocycles. The number of aromatic nitrogens is 3. The average molecular weight is 436 g/mol. The first-order valence-electron chi connectivity index (χ1n) is 11.5. The Bertz CT molecular complexity index is 1460. The van der Waals surface area contributed by atoms with Gasteiger partial charge in [0.1, 0.15) is 17.6 Å². The second kappa shape index (κ2) is 8.11. The summed E-state index contributed by atoms with van der Waals surface area (Å²) < 4.78 is 6.19. The molecule has 2 aromatic carbocycles. The van der Waals surface area contributed by atoms with Crippen LogP contribution in [0.5, 0.6) is 0 Å². The molecule has 0 unspecified atom stereocenters. The van der Waals surface area contributed by atoms with E-state index in [9.17, 15) is 0 Å². The lowest BCUT2D eigenvalue weighted by molar-refractivity contribution is 0.596. The lowest BCUT2D eigenvalue weighted by Crippen LogP contribution is -2.12. The summed E-state index contributed by atoms with van der Waals surface area (Å²) in [4.78, 5) is 13.7. The highest BCUT2D eigenvalue weighted by atomic mass is 16.3. The second-order valence-corrected chi connectivity index (χ2v) is 10.2. The van der Waals surface area contributed by atoms with Gasteiger partial charge >= 0.3 is 0 Å². The zero-order valence-electron chi connectivity index (χ0n) is 19.9. The highest BCUT2D eigenvalue weighted by Crippen LogP contribution is 2.35. The summed E-state index contributed by atoms with van der Waals surface area (Å²) in [5.41, 5.74) is 5.96. The average Bonchev–Trinajstić information content (AvgIpc) is 3.21. The molecule has 33 heavy (non-hydrogen) atoms. The quantitative estimate of drug-likeness (QED) is 0.292. The van der Waals surface area contributed by atoms with E-state index in [4.69, 9.17) is 4.42 Å². The molecule has 0 radical (unpaired) electrons. The van der Waals surface area contributed by atoms with Gasteiger partial charge in [0.2, 0.25) is 0 Å². The third kappa shape index (κ3) is 4.25. The molecule has 4 nitrogen and oxygen atoms in total. The summed E-state index contributed by atoms with van der Waals surface area (Å²) in [5.74, 6) is 1.28. The van der Waals surface area contributed by atoms with Crippen LogP contribution in [0.1, 0.15) is 45.9 Å². The number of furan rings is 1. The summed E-state index contributed by atoms with van der Waals surface area (Å²) in [5, 5.41) is 3.48. The Kier molecular flexibility index (Phi) is 5.24. The van der Waals surface area contributed by atoms with Crippen LogP contribution in [0.15, 0.2) is 71.5 Å². The third-order valence-corrected chi connectivity index (χ3v) is 5.96. The van der Waals surface area contributed by atoms with Gasteiger partial charge in [-0.3, -0.25) is 4.98 Å². The van der Waals surface area contributed by atoms with Crippen LogP contribution in [-0.2, 0) is 11.8 Å². The van der Waals surface area contributed by atoms with Crippen molar-refractivity contribution < 1.29 is 4.42 Å². The van der Waals surface area contributed by atoms with Crippen molar-refractivity contribution in [1.82, 2.24) is 15.0 Å². The van der Waals surface area contributed by atoms with Crippen LogP contribution in [0.4, 0.5) is 0 Å². The minimum atomic E-state index is 0.0188.